The van der Waals surface area contributed by atoms with Crippen molar-refractivity contribution < 1.29 is 4.21 Å². The monoisotopic (exact) mass is 238 g/mol. The minimum Gasteiger partial charge on any atom is -0.397 e. The van der Waals surface area contributed by atoms with Crippen molar-refractivity contribution in [2.45, 2.75) is 13.0 Å². The topological polar surface area (TPSA) is 91.8 Å². The smallest absolute Gasteiger partial charge is 0.144 e. The molecule has 0 bridgehead atoms. The molecule has 0 amide bonds. The number of nitriles is 1. The Morgan fingerprint density at radius 1 is 1.75 bits per heavy atom. The molecule has 1 rings (SSSR count). The predicted octanol–water partition coefficient (Wildman–Crippen LogP) is 0.714. The number of aromatic nitrogens is 1. The molecule has 0 aliphatic heterocycles. The Morgan fingerprint density at radius 3 is 3.00 bits per heavy atom. The highest BCUT2D eigenvalue weighted by Crippen LogP contribution is 2.15. The van der Waals surface area contributed by atoms with Gasteiger partial charge in [-0.05, 0) is 13.0 Å². The molecule has 2 atom stereocenters. The van der Waals surface area contributed by atoms with Crippen LogP contribution in [-0.4, -0.2) is 27.2 Å². The van der Waals surface area contributed by atoms with Gasteiger partial charge in [0.1, 0.15) is 11.9 Å². The molecule has 0 aliphatic rings. The van der Waals surface area contributed by atoms with E-state index in [0.29, 0.717) is 22.8 Å². The Kier molecular flexibility index (Phi) is 4.26. The summed E-state index contributed by atoms with van der Waals surface area (Å²) in [6.45, 7) is 1.89. The van der Waals surface area contributed by atoms with Crippen molar-refractivity contribution in [3.05, 3.63) is 17.8 Å². The molecule has 5 nitrogen and oxygen atoms in total. The first-order chi connectivity index (χ1) is 7.52. The summed E-state index contributed by atoms with van der Waals surface area (Å²) in [5.74, 6) is 0.992. The Balaban J connectivity index is 2.81. The molecule has 1 heterocycles. The van der Waals surface area contributed by atoms with E-state index in [1.165, 1.54) is 6.20 Å². The second-order valence-electron chi connectivity index (χ2n) is 3.56. The van der Waals surface area contributed by atoms with Crippen molar-refractivity contribution in [3.63, 3.8) is 0 Å². The summed E-state index contributed by atoms with van der Waals surface area (Å²) >= 11 is 0. The van der Waals surface area contributed by atoms with Crippen molar-refractivity contribution in [1.29, 1.82) is 5.26 Å². The van der Waals surface area contributed by atoms with Gasteiger partial charge in [-0.25, -0.2) is 4.98 Å². The first-order valence-electron chi connectivity index (χ1n) is 4.75. The van der Waals surface area contributed by atoms with Crippen LogP contribution in [0.5, 0.6) is 0 Å². The van der Waals surface area contributed by atoms with Gasteiger partial charge in [-0.1, -0.05) is 0 Å². The minimum absolute atomic E-state index is 0.00550. The highest BCUT2D eigenvalue weighted by Gasteiger charge is 2.09. The molecular formula is C10H14N4OS. The summed E-state index contributed by atoms with van der Waals surface area (Å²) < 4.78 is 11.0. The SMILES string of the molecule is CC(CS(C)=O)Nc1ncc(N)cc1C#N. The maximum atomic E-state index is 11.0. The molecule has 0 aliphatic carbocycles. The van der Waals surface area contributed by atoms with E-state index in [9.17, 15) is 4.21 Å². The van der Waals surface area contributed by atoms with Gasteiger partial charge in [0, 0.05) is 28.9 Å². The van der Waals surface area contributed by atoms with Crippen LogP contribution in [-0.2, 0) is 10.8 Å². The number of nitrogens with one attached hydrogen (secondary N) is 1. The zero-order chi connectivity index (χ0) is 12.1. The van der Waals surface area contributed by atoms with E-state index in [2.05, 4.69) is 10.3 Å². The highest BCUT2D eigenvalue weighted by atomic mass is 32.2. The Morgan fingerprint density at radius 2 is 2.44 bits per heavy atom. The quantitative estimate of drug-likeness (QED) is 0.806. The maximum Gasteiger partial charge on any atom is 0.144 e. The van der Waals surface area contributed by atoms with Gasteiger partial charge in [-0.2, -0.15) is 5.26 Å². The standard InChI is InChI=1S/C10H14N4OS/c1-7(6-16(2)15)14-10-8(4-11)3-9(12)5-13-10/h3,5,7H,6,12H2,1-2H3,(H,13,14). The maximum absolute atomic E-state index is 11.0. The lowest BCUT2D eigenvalue weighted by Crippen LogP contribution is -2.23. The fourth-order valence-electron chi connectivity index (χ4n) is 1.31. The highest BCUT2D eigenvalue weighted by molar-refractivity contribution is 7.84. The fourth-order valence-corrected chi connectivity index (χ4v) is 2.10. The van der Waals surface area contributed by atoms with Gasteiger partial charge in [0.2, 0.25) is 0 Å². The number of pyridine rings is 1. The van der Waals surface area contributed by atoms with Gasteiger partial charge >= 0.3 is 0 Å². The number of nitrogen functional groups attached to an aromatic ring is 1. The van der Waals surface area contributed by atoms with Gasteiger partial charge in [-0.3, -0.25) is 4.21 Å². The normalized spacial score (nSPS) is 13.8. The van der Waals surface area contributed by atoms with E-state index in [0.717, 1.165) is 0 Å². The Labute approximate surface area is 97.1 Å². The van der Waals surface area contributed by atoms with Crippen LogP contribution in [0.4, 0.5) is 11.5 Å². The molecule has 1 aromatic rings. The second-order valence-corrected chi connectivity index (χ2v) is 5.04. The van der Waals surface area contributed by atoms with Crippen molar-refractivity contribution in [2.75, 3.05) is 23.1 Å². The lowest BCUT2D eigenvalue weighted by Gasteiger charge is -2.14. The number of hydrogen-bond acceptors (Lipinski definition) is 5. The number of nitrogens with zero attached hydrogens (tertiary/aromatic N) is 2. The Hall–Kier alpha value is -1.61. The minimum atomic E-state index is -0.880. The summed E-state index contributed by atoms with van der Waals surface area (Å²) in [7, 11) is -0.880. The van der Waals surface area contributed by atoms with Gasteiger partial charge < -0.3 is 11.1 Å². The summed E-state index contributed by atoms with van der Waals surface area (Å²) in [6, 6.07) is 3.57. The third kappa shape index (κ3) is 3.51. The molecule has 0 saturated heterocycles. The van der Waals surface area contributed by atoms with Gasteiger partial charge in [0.15, 0.2) is 0 Å². The average molecular weight is 238 g/mol. The first kappa shape index (κ1) is 12.5. The van der Waals surface area contributed by atoms with Crippen LogP contribution in [0.2, 0.25) is 0 Å². The molecule has 3 N–H and O–H groups in total. The fraction of sp³-hybridized carbons (Fsp3) is 0.400. The molecular weight excluding hydrogens is 224 g/mol. The van der Waals surface area contributed by atoms with Crippen molar-refractivity contribution in [2.24, 2.45) is 0 Å². The van der Waals surface area contributed by atoms with Gasteiger partial charge in [0.05, 0.1) is 17.4 Å². The van der Waals surface area contributed by atoms with Crippen LogP contribution < -0.4 is 11.1 Å². The molecule has 1 aromatic heterocycles. The second kappa shape index (κ2) is 5.47. The summed E-state index contributed by atoms with van der Waals surface area (Å²) in [5, 5.41) is 11.9. The third-order valence-electron chi connectivity index (χ3n) is 1.90. The third-order valence-corrected chi connectivity index (χ3v) is 2.87. The molecule has 0 fully saturated rings. The summed E-state index contributed by atoms with van der Waals surface area (Å²) in [5.41, 5.74) is 6.37. The molecule has 6 heteroatoms. The van der Waals surface area contributed by atoms with Crippen LogP contribution >= 0.6 is 0 Å². The largest absolute Gasteiger partial charge is 0.397 e. The number of rotatable bonds is 4. The molecule has 16 heavy (non-hydrogen) atoms. The summed E-state index contributed by atoms with van der Waals surface area (Å²) in [4.78, 5) is 4.04. The number of nitrogens with two attached hydrogens (primary N) is 1. The van der Waals surface area contributed by atoms with E-state index < -0.39 is 10.8 Å². The molecule has 0 saturated carbocycles. The van der Waals surface area contributed by atoms with E-state index in [4.69, 9.17) is 11.0 Å². The number of anilines is 2. The molecule has 86 valence electrons. The van der Waals surface area contributed by atoms with Crippen LogP contribution in [0, 0.1) is 11.3 Å². The Bertz CT molecular complexity index is 441. The molecule has 2 unspecified atom stereocenters. The van der Waals surface area contributed by atoms with Crippen LogP contribution in [0.3, 0.4) is 0 Å². The van der Waals surface area contributed by atoms with Crippen LogP contribution in [0.15, 0.2) is 12.3 Å². The summed E-state index contributed by atoms with van der Waals surface area (Å²) in [6.07, 6.45) is 3.12. The first-order valence-corrected chi connectivity index (χ1v) is 6.48. The van der Waals surface area contributed by atoms with E-state index in [1.54, 1.807) is 12.3 Å². The number of hydrogen-bond donors (Lipinski definition) is 2. The van der Waals surface area contributed by atoms with Crippen molar-refractivity contribution in [3.8, 4) is 6.07 Å². The average Bonchev–Trinajstić information content (AvgIpc) is 2.19. The van der Waals surface area contributed by atoms with E-state index in [-0.39, 0.29) is 6.04 Å². The van der Waals surface area contributed by atoms with E-state index in [1.807, 2.05) is 13.0 Å². The molecule has 0 aromatic carbocycles. The molecule has 0 radical (unpaired) electrons. The van der Waals surface area contributed by atoms with E-state index >= 15 is 0 Å². The van der Waals surface area contributed by atoms with Crippen molar-refractivity contribution in [1.82, 2.24) is 4.98 Å². The zero-order valence-corrected chi connectivity index (χ0v) is 10.0. The predicted molar refractivity (Wildman–Crippen MR) is 65.4 cm³/mol. The molecule has 0 spiro atoms. The van der Waals surface area contributed by atoms with Crippen LogP contribution in [0.25, 0.3) is 0 Å². The lowest BCUT2D eigenvalue weighted by molar-refractivity contribution is 0.683. The van der Waals surface area contributed by atoms with Crippen LogP contribution in [0.1, 0.15) is 12.5 Å². The van der Waals surface area contributed by atoms with Crippen molar-refractivity contribution >= 4 is 22.3 Å². The lowest BCUT2D eigenvalue weighted by atomic mass is 10.2. The zero-order valence-electron chi connectivity index (χ0n) is 9.23. The van der Waals surface area contributed by atoms with Gasteiger partial charge in [0.25, 0.3) is 0 Å². The van der Waals surface area contributed by atoms with Gasteiger partial charge in [-0.15, -0.1) is 0 Å².